The van der Waals surface area contributed by atoms with E-state index in [9.17, 15) is 0 Å². The highest BCUT2D eigenvalue weighted by Gasteiger charge is 1.93. The Balaban J connectivity index is 2.40. The largest absolute Gasteiger partial charge is 0.508 e. The van der Waals surface area contributed by atoms with Crippen LogP contribution in [0.1, 0.15) is 0 Å². The molecule has 1 N–H and O–H groups in total. The van der Waals surface area contributed by atoms with E-state index in [1.54, 1.807) is 18.2 Å². The molecule has 1 aromatic carbocycles. The van der Waals surface area contributed by atoms with E-state index in [-0.39, 0.29) is 12.3 Å². The number of phenolic OH excluding ortho intramolecular Hbond substituents is 1. The lowest BCUT2D eigenvalue weighted by Crippen LogP contribution is -1.99. The van der Waals surface area contributed by atoms with E-state index in [4.69, 9.17) is 15.4 Å². The van der Waals surface area contributed by atoms with Crippen molar-refractivity contribution in [2.24, 2.45) is 5.11 Å². The van der Waals surface area contributed by atoms with Gasteiger partial charge in [-0.3, -0.25) is 0 Å². The first-order valence-corrected chi connectivity index (χ1v) is 3.75. The maximum absolute atomic E-state index is 9.05. The fourth-order valence-corrected chi connectivity index (χ4v) is 0.822. The number of azide groups is 1. The molecule has 0 heterocycles. The van der Waals surface area contributed by atoms with Gasteiger partial charge < -0.3 is 9.84 Å². The van der Waals surface area contributed by atoms with Crippen LogP contribution in [0.2, 0.25) is 0 Å². The zero-order chi connectivity index (χ0) is 9.52. The van der Waals surface area contributed by atoms with Crippen molar-refractivity contribution >= 4 is 0 Å². The Kier molecular flexibility index (Phi) is 3.47. The van der Waals surface area contributed by atoms with Crippen LogP contribution in [0.15, 0.2) is 29.4 Å². The second-order valence-electron chi connectivity index (χ2n) is 2.30. The van der Waals surface area contributed by atoms with Gasteiger partial charge in [0.05, 0.1) is 13.2 Å². The molecule has 13 heavy (non-hydrogen) atoms. The maximum Gasteiger partial charge on any atom is 0.122 e. The van der Waals surface area contributed by atoms with Gasteiger partial charge in [0.25, 0.3) is 0 Å². The Bertz CT molecular complexity index is 321. The Hall–Kier alpha value is -1.87. The molecule has 0 aliphatic carbocycles. The zero-order valence-electron chi connectivity index (χ0n) is 6.92. The Labute approximate surface area is 75.2 Å². The second-order valence-corrected chi connectivity index (χ2v) is 2.30. The van der Waals surface area contributed by atoms with Gasteiger partial charge in [0.2, 0.25) is 0 Å². The summed E-state index contributed by atoms with van der Waals surface area (Å²) in [5.41, 5.74) is 7.97. The van der Waals surface area contributed by atoms with Crippen LogP contribution in [0.5, 0.6) is 11.5 Å². The highest BCUT2D eigenvalue weighted by molar-refractivity contribution is 5.31. The van der Waals surface area contributed by atoms with Gasteiger partial charge in [0.15, 0.2) is 0 Å². The predicted octanol–water partition coefficient (Wildman–Crippen LogP) is 2.08. The molecule has 0 aliphatic heterocycles. The zero-order valence-corrected chi connectivity index (χ0v) is 6.92. The number of rotatable bonds is 4. The van der Waals surface area contributed by atoms with Crippen LogP contribution in [-0.4, -0.2) is 18.3 Å². The highest BCUT2D eigenvalue weighted by atomic mass is 16.5. The molecule has 0 saturated heterocycles. The van der Waals surface area contributed by atoms with Crippen molar-refractivity contribution in [2.45, 2.75) is 0 Å². The van der Waals surface area contributed by atoms with Crippen molar-refractivity contribution in [2.75, 3.05) is 13.2 Å². The minimum atomic E-state index is 0.154. The summed E-state index contributed by atoms with van der Waals surface area (Å²) in [5, 5.41) is 12.4. The third-order valence-corrected chi connectivity index (χ3v) is 1.34. The molecule has 0 saturated carbocycles. The van der Waals surface area contributed by atoms with Crippen molar-refractivity contribution in [3.63, 3.8) is 0 Å². The molecule has 0 fully saturated rings. The van der Waals surface area contributed by atoms with E-state index in [0.717, 1.165) is 0 Å². The molecule has 5 nitrogen and oxygen atoms in total. The summed E-state index contributed by atoms with van der Waals surface area (Å²) >= 11 is 0. The van der Waals surface area contributed by atoms with E-state index < -0.39 is 0 Å². The smallest absolute Gasteiger partial charge is 0.122 e. The Morgan fingerprint density at radius 1 is 1.54 bits per heavy atom. The highest BCUT2D eigenvalue weighted by Crippen LogP contribution is 2.17. The van der Waals surface area contributed by atoms with Crippen LogP contribution in [0.4, 0.5) is 0 Å². The molecule has 68 valence electrons. The molecule has 0 amide bonds. The summed E-state index contributed by atoms with van der Waals surface area (Å²) in [7, 11) is 0. The van der Waals surface area contributed by atoms with Crippen LogP contribution in [0, 0.1) is 0 Å². The number of hydrogen-bond acceptors (Lipinski definition) is 3. The topological polar surface area (TPSA) is 78.2 Å². The van der Waals surface area contributed by atoms with Gasteiger partial charge >= 0.3 is 0 Å². The maximum atomic E-state index is 9.05. The van der Waals surface area contributed by atoms with Gasteiger partial charge in [-0.05, 0) is 17.7 Å². The van der Waals surface area contributed by atoms with Crippen molar-refractivity contribution in [1.29, 1.82) is 0 Å². The molecule has 1 aromatic rings. The average molecular weight is 179 g/mol. The van der Waals surface area contributed by atoms with E-state index in [0.29, 0.717) is 12.4 Å². The molecule has 0 radical (unpaired) electrons. The monoisotopic (exact) mass is 179 g/mol. The lowest BCUT2D eigenvalue weighted by Gasteiger charge is -2.03. The van der Waals surface area contributed by atoms with E-state index in [1.165, 1.54) is 6.07 Å². The van der Waals surface area contributed by atoms with Crippen molar-refractivity contribution in [3.8, 4) is 11.5 Å². The summed E-state index contributed by atoms with van der Waals surface area (Å²) in [5.74, 6) is 0.717. The molecule has 0 unspecified atom stereocenters. The van der Waals surface area contributed by atoms with Crippen LogP contribution in [-0.2, 0) is 0 Å². The standard InChI is InChI=1S/C8H9N3O2/c9-11-10-4-5-13-8-3-1-2-7(12)6-8/h1-3,6,12H,4-5H2. The molecule has 0 aromatic heterocycles. The van der Waals surface area contributed by atoms with Crippen molar-refractivity contribution in [1.82, 2.24) is 0 Å². The lowest BCUT2D eigenvalue weighted by molar-refractivity contribution is 0.326. The fourth-order valence-electron chi connectivity index (χ4n) is 0.822. The number of benzene rings is 1. The van der Waals surface area contributed by atoms with E-state index in [1.807, 2.05) is 0 Å². The van der Waals surface area contributed by atoms with Crippen LogP contribution in [0.25, 0.3) is 10.4 Å². The first-order chi connectivity index (χ1) is 6.33. The molecule has 0 atom stereocenters. The normalized spacial score (nSPS) is 8.92. The molecular formula is C8H9N3O2. The molecule has 5 heteroatoms. The van der Waals surface area contributed by atoms with E-state index >= 15 is 0 Å². The molecule has 0 aliphatic rings. The Morgan fingerprint density at radius 3 is 3.08 bits per heavy atom. The summed E-state index contributed by atoms with van der Waals surface area (Å²) in [6.07, 6.45) is 0. The van der Waals surface area contributed by atoms with Crippen LogP contribution >= 0.6 is 0 Å². The third kappa shape index (κ3) is 3.35. The number of ether oxygens (including phenoxy) is 1. The number of nitrogens with zero attached hydrogens (tertiary/aromatic N) is 3. The fraction of sp³-hybridized carbons (Fsp3) is 0.250. The van der Waals surface area contributed by atoms with Crippen molar-refractivity contribution in [3.05, 3.63) is 34.7 Å². The number of aromatic hydroxyl groups is 1. The lowest BCUT2D eigenvalue weighted by atomic mass is 10.3. The van der Waals surface area contributed by atoms with E-state index in [2.05, 4.69) is 10.0 Å². The number of phenols is 1. The summed E-state index contributed by atoms with van der Waals surface area (Å²) in [6.45, 7) is 0.597. The first kappa shape index (κ1) is 9.22. The average Bonchev–Trinajstić information content (AvgIpc) is 2.13. The minimum Gasteiger partial charge on any atom is -0.508 e. The Morgan fingerprint density at radius 2 is 2.38 bits per heavy atom. The van der Waals surface area contributed by atoms with Gasteiger partial charge in [-0.2, -0.15) is 0 Å². The first-order valence-electron chi connectivity index (χ1n) is 3.75. The van der Waals surface area contributed by atoms with Crippen molar-refractivity contribution < 1.29 is 9.84 Å². The quantitative estimate of drug-likeness (QED) is 0.332. The SMILES string of the molecule is [N-]=[N+]=NCCOc1cccc(O)c1. The number of hydrogen-bond donors (Lipinski definition) is 1. The van der Waals surface area contributed by atoms with Crippen LogP contribution in [0.3, 0.4) is 0 Å². The summed E-state index contributed by atoms with van der Waals surface area (Å²) in [4.78, 5) is 2.58. The van der Waals surface area contributed by atoms with Gasteiger partial charge in [0, 0.05) is 11.0 Å². The summed E-state index contributed by atoms with van der Waals surface area (Å²) < 4.78 is 5.16. The molecule has 1 rings (SSSR count). The third-order valence-electron chi connectivity index (χ3n) is 1.34. The van der Waals surface area contributed by atoms with Gasteiger partial charge in [-0.15, -0.1) is 0 Å². The molecular weight excluding hydrogens is 170 g/mol. The van der Waals surface area contributed by atoms with Gasteiger partial charge in [0.1, 0.15) is 11.5 Å². The minimum absolute atomic E-state index is 0.154. The predicted molar refractivity (Wildman–Crippen MR) is 47.6 cm³/mol. The second kappa shape index (κ2) is 4.90. The van der Waals surface area contributed by atoms with Gasteiger partial charge in [-0.25, -0.2) is 0 Å². The summed E-state index contributed by atoms with van der Waals surface area (Å²) in [6, 6.07) is 6.45. The van der Waals surface area contributed by atoms with Gasteiger partial charge in [-0.1, -0.05) is 11.2 Å². The molecule has 0 spiro atoms. The molecule has 0 bridgehead atoms. The van der Waals surface area contributed by atoms with Crippen LogP contribution < -0.4 is 4.74 Å².